The minimum Gasteiger partial charge on any atom is -0.395 e. The van der Waals surface area contributed by atoms with E-state index in [1.807, 2.05) is 0 Å². The lowest BCUT2D eigenvalue weighted by Gasteiger charge is -2.32. The first kappa shape index (κ1) is 22.9. The lowest BCUT2D eigenvalue weighted by molar-refractivity contribution is -0.250. The maximum atomic E-state index is 14.0. The van der Waals surface area contributed by atoms with Gasteiger partial charge in [0.1, 0.15) is 0 Å². The average Bonchev–Trinajstić information content (AvgIpc) is 3.21. The predicted molar refractivity (Wildman–Crippen MR) is 109 cm³/mol. The van der Waals surface area contributed by atoms with Crippen molar-refractivity contribution < 1.29 is 31.8 Å². The molecule has 0 aliphatic rings. The number of rotatable bonds is 7. The maximum Gasteiger partial charge on any atom is 0.427 e. The van der Waals surface area contributed by atoms with Gasteiger partial charge in [-0.3, -0.25) is 4.31 Å². The number of hydrogen-bond donors (Lipinski definition) is 2. The van der Waals surface area contributed by atoms with Gasteiger partial charge in [-0.25, -0.2) is 8.42 Å². The van der Waals surface area contributed by atoms with Gasteiger partial charge in [0, 0.05) is 19.8 Å². The molecule has 3 rings (SSSR count). The Bertz CT molecular complexity index is 1130. The van der Waals surface area contributed by atoms with Crippen LogP contribution in [0.25, 0.3) is 0 Å². The van der Waals surface area contributed by atoms with Crippen LogP contribution in [0.4, 0.5) is 18.9 Å². The molecule has 31 heavy (non-hydrogen) atoms. The van der Waals surface area contributed by atoms with Crippen LogP contribution in [0.3, 0.4) is 0 Å². The Morgan fingerprint density at radius 2 is 1.58 bits per heavy atom. The van der Waals surface area contributed by atoms with E-state index in [1.54, 1.807) is 18.2 Å². The molecule has 0 bridgehead atoms. The third-order valence-corrected chi connectivity index (χ3v) is 6.80. The molecule has 0 spiro atoms. The summed E-state index contributed by atoms with van der Waals surface area (Å²) in [5.41, 5.74) is -4.15. The summed E-state index contributed by atoms with van der Waals surface area (Å²) in [5, 5.41) is 19.9. The van der Waals surface area contributed by atoms with Crippen molar-refractivity contribution in [2.75, 3.05) is 18.0 Å². The Labute approximate surface area is 177 Å². The standard InChI is InChI=1S/C21H21F3N2O4S/c1-25(31(29,30)18-6-3-2-4-7-18)17-11-9-16(10-12-17)20(28,21(22,23)24)19-8-5-13-26(19)14-15-27/h2-13,27-28H,14-15H2,1H3. The van der Waals surface area contributed by atoms with E-state index < -0.39 is 39.7 Å². The van der Waals surface area contributed by atoms with E-state index in [0.29, 0.717) is 0 Å². The van der Waals surface area contributed by atoms with Gasteiger partial charge in [0.2, 0.25) is 5.60 Å². The third-order valence-electron chi connectivity index (χ3n) is 5.00. The van der Waals surface area contributed by atoms with E-state index in [0.717, 1.165) is 27.1 Å². The van der Waals surface area contributed by atoms with Gasteiger partial charge >= 0.3 is 6.18 Å². The molecule has 1 heterocycles. The van der Waals surface area contributed by atoms with Crippen LogP contribution in [0, 0.1) is 0 Å². The van der Waals surface area contributed by atoms with Gasteiger partial charge in [-0.05, 0) is 42.0 Å². The number of benzene rings is 2. The second-order valence-electron chi connectivity index (χ2n) is 6.85. The van der Waals surface area contributed by atoms with Gasteiger partial charge in [0.25, 0.3) is 10.0 Å². The zero-order valence-electron chi connectivity index (χ0n) is 16.5. The Morgan fingerprint density at radius 1 is 0.968 bits per heavy atom. The average molecular weight is 454 g/mol. The number of hydrogen-bond acceptors (Lipinski definition) is 4. The highest BCUT2D eigenvalue weighted by Crippen LogP contribution is 2.44. The fourth-order valence-corrected chi connectivity index (χ4v) is 4.52. The summed E-state index contributed by atoms with van der Waals surface area (Å²) in [6, 6.07) is 14.6. The van der Waals surface area contributed by atoms with Crippen molar-refractivity contribution in [2.24, 2.45) is 0 Å². The molecule has 0 amide bonds. The Hall–Kier alpha value is -2.82. The van der Waals surface area contributed by atoms with E-state index in [4.69, 9.17) is 5.11 Å². The summed E-state index contributed by atoms with van der Waals surface area (Å²) in [6.07, 6.45) is -3.74. The van der Waals surface area contributed by atoms with Crippen LogP contribution in [-0.2, 0) is 22.2 Å². The molecule has 0 saturated carbocycles. The molecule has 3 aromatic rings. The molecule has 1 unspecified atom stereocenters. The molecule has 2 aromatic carbocycles. The Morgan fingerprint density at radius 3 is 2.13 bits per heavy atom. The van der Waals surface area contributed by atoms with E-state index in [-0.39, 0.29) is 17.1 Å². The summed E-state index contributed by atoms with van der Waals surface area (Å²) in [5.74, 6) is 0. The molecule has 0 saturated heterocycles. The molecule has 1 atom stereocenters. The van der Waals surface area contributed by atoms with Crippen LogP contribution in [0.1, 0.15) is 11.3 Å². The first-order valence-corrected chi connectivity index (χ1v) is 10.7. The number of halogens is 3. The SMILES string of the molecule is CN(c1ccc(C(O)(c2cccn2CCO)C(F)(F)F)cc1)S(=O)(=O)c1ccccc1. The van der Waals surface area contributed by atoms with Crippen molar-refractivity contribution >= 4 is 15.7 Å². The van der Waals surface area contributed by atoms with Crippen LogP contribution in [-0.4, -0.2) is 43.0 Å². The molecule has 0 aliphatic heterocycles. The number of aromatic nitrogens is 1. The monoisotopic (exact) mass is 454 g/mol. The van der Waals surface area contributed by atoms with Gasteiger partial charge in [-0.2, -0.15) is 13.2 Å². The van der Waals surface area contributed by atoms with E-state index in [2.05, 4.69) is 0 Å². The van der Waals surface area contributed by atoms with Gasteiger partial charge in [0.05, 0.1) is 22.9 Å². The molecule has 10 heteroatoms. The molecular weight excluding hydrogens is 433 g/mol. The van der Waals surface area contributed by atoms with E-state index in [9.17, 15) is 26.7 Å². The quantitative estimate of drug-likeness (QED) is 0.575. The topological polar surface area (TPSA) is 82.8 Å². The number of aliphatic hydroxyl groups is 2. The first-order chi connectivity index (χ1) is 14.5. The highest BCUT2D eigenvalue weighted by molar-refractivity contribution is 7.92. The summed E-state index contributed by atoms with van der Waals surface area (Å²) in [4.78, 5) is 0.0372. The van der Waals surface area contributed by atoms with Crippen LogP contribution in [0.15, 0.2) is 77.8 Å². The molecule has 166 valence electrons. The maximum absolute atomic E-state index is 14.0. The van der Waals surface area contributed by atoms with Crippen molar-refractivity contribution in [3.8, 4) is 0 Å². The highest BCUT2D eigenvalue weighted by Gasteiger charge is 2.57. The van der Waals surface area contributed by atoms with Gasteiger partial charge < -0.3 is 14.8 Å². The second-order valence-corrected chi connectivity index (χ2v) is 8.82. The summed E-state index contributed by atoms with van der Waals surface area (Å²) >= 11 is 0. The molecular formula is C21H21F3N2O4S. The number of alkyl halides is 3. The predicted octanol–water partition coefficient (Wildman–Crippen LogP) is 3.10. The number of nitrogens with zero attached hydrogens (tertiary/aromatic N) is 2. The fraction of sp³-hybridized carbons (Fsp3) is 0.238. The molecule has 6 nitrogen and oxygen atoms in total. The van der Waals surface area contributed by atoms with Crippen LogP contribution in [0.5, 0.6) is 0 Å². The van der Waals surface area contributed by atoms with Gasteiger partial charge in [-0.15, -0.1) is 0 Å². The van der Waals surface area contributed by atoms with Gasteiger partial charge in [-0.1, -0.05) is 30.3 Å². The van der Waals surface area contributed by atoms with Gasteiger partial charge in [0.15, 0.2) is 0 Å². The lowest BCUT2D eigenvalue weighted by atomic mass is 9.89. The molecule has 0 fully saturated rings. The Balaban J connectivity index is 2.02. The summed E-state index contributed by atoms with van der Waals surface area (Å²) < 4.78 is 69.6. The largest absolute Gasteiger partial charge is 0.427 e. The van der Waals surface area contributed by atoms with Crippen molar-refractivity contribution in [3.05, 3.63) is 84.2 Å². The van der Waals surface area contributed by atoms with Crippen molar-refractivity contribution in [1.29, 1.82) is 0 Å². The smallest absolute Gasteiger partial charge is 0.395 e. The van der Waals surface area contributed by atoms with Crippen LogP contribution < -0.4 is 4.31 Å². The lowest BCUT2D eigenvalue weighted by Crippen LogP contribution is -2.45. The van der Waals surface area contributed by atoms with Crippen LogP contribution >= 0.6 is 0 Å². The molecule has 0 radical (unpaired) electrons. The number of aliphatic hydroxyl groups excluding tert-OH is 1. The highest BCUT2D eigenvalue weighted by atomic mass is 32.2. The molecule has 2 N–H and O–H groups in total. The second kappa shape index (κ2) is 8.37. The third kappa shape index (κ3) is 4.06. The first-order valence-electron chi connectivity index (χ1n) is 9.23. The fourth-order valence-electron chi connectivity index (χ4n) is 3.30. The minimum atomic E-state index is -5.07. The number of anilines is 1. The van der Waals surface area contributed by atoms with Crippen molar-refractivity contribution in [1.82, 2.24) is 4.57 Å². The zero-order chi connectivity index (χ0) is 22.9. The Kier molecular flexibility index (Phi) is 6.17. The molecule has 1 aromatic heterocycles. The summed E-state index contributed by atoms with van der Waals surface area (Å²) in [7, 11) is -2.62. The zero-order valence-corrected chi connectivity index (χ0v) is 17.3. The minimum absolute atomic E-state index is 0.0372. The number of sulfonamides is 1. The van der Waals surface area contributed by atoms with Crippen molar-refractivity contribution in [2.45, 2.75) is 23.2 Å². The van der Waals surface area contributed by atoms with E-state index in [1.165, 1.54) is 43.6 Å². The van der Waals surface area contributed by atoms with E-state index >= 15 is 0 Å². The molecule has 0 aliphatic carbocycles. The van der Waals surface area contributed by atoms with Crippen LogP contribution in [0.2, 0.25) is 0 Å². The normalized spacial score (nSPS) is 14.3. The van der Waals surface area contributed by atoms with Crippen molar-refractivity contribution in [3.63, 3.8) is 0 Å². The summed E-state index contributed by atoms with van der Waals surface area (Å²) in [6.45, 7) is -0.534.